The van der Waals surface area contributed by atoms with Crippen LogP contribution in [0.3, 0.4) is 0 Å². The fourth-order valence-electron chi connectivity index (χ4n) is 2.64. The van der Waals surface area contributed by atoms with Crippen LogP contribution in [0.4, 0.5) is 0 Å². The highest BCUT2D eigenvalue weighted by atomic mass is 16.7. The minimum atomic E-state index is -2.59. The molecule has 9 heteroatoms. The van der Waals surface area contributed by atoms with Crippen molar-refractivity contribution in [3.63, 3.8) is 0 Å². The first kappa shape index (κ1) is 16.7. The molecule has 0 bridgehead atoms. The van der Waals surface area contributed by atoms with E-state index in [0.29, 0.717) is 6.42 Å². The number of benzene rings is 1. The molecule has 1 aromatic carbocycles. The average Bonchev–Trinajstić information content (AvgIpc) is 2.55. The fraction of sp³-hybridized carbons (Fsp3) is 0.467. The lowest BCUT2D eigenvalue weighted by molar-refractivity contribution is -0.300. The SMILES string of the molecule is O=C1CCc2ccc(OC3(C(=O)O)OCC(O)C(O)C3O)cc2O1. The minimum absolute atomic E-state index is 0.0338. The van der Waals surface area contributed by atoms with Gasteiger partial charge in [-0.1, -0.05) is 6.07 Å². The van der Waals surface area contributed by atoms with Gasteiger partial charge in [-0.25, -0.2) is 4.79 Å². The summed E-state index contributed by atoms with van der Waals surface area (Å²) in [5, 5.41) is 38.7. The van der Waals surface area contributed by atoms with Crippen molar-refractivity contribution in [3.8, 4) is 11.5 Å². The maximum atomic E-state index is 11.6. The number of carboxylic acid groups (broad SMARTS) is 1. The first-order chi connectivity index (χ1) is 11.3. The molecule has 9 nitrogen and oxygen atoms in total. The quantitative estimate of drug-likeness (QED) is 0.394. The second kappa shape index (κ2) is 6.02. The third kappa shape index (κ3) is 2.71. The topological polar surface area (TPSA) is 143 Å². The lowest BCUT2D eigenvalue weighted by Crippen LogP contribution is -2.67. The Bertz CT molecular complexity index is 673. The van der Waals surface area contributed by atoms with Gasteiger partial charge in [-0.2, -0.15) is 0 Å². The van der Waals surface area contributed by atoms with Crippen molar-refractivity contribution in [1.29, 1.82) is 0 Å². The van der Waals surface area contributed by atoms with Gasteiger partial charge in [-0.05, 0) is 18.1 Å². The van der Waals surface area contributed by atoms with Crippen molar-refractivity contribution in [1.82, 2.24) is 0 Å². The standard InChI is InChI=1S/C15H16O9/c16-9-6-22-15(14(20)21,13(19)12(9)18)24-8-3-1-7-2-4-11(17)23-10(7)5-8/h1,3,5,9,12-13,16,18-19H,2,4,6H2,(H,20,21). The van der Waals surface area contributed by atoms with Crippen LogP contribution in [0.5, 0.6) is 11.5 Å². The molecule has 0 saturated carbocycles. The molecule has 130 valence electrons. The summed E-state index contributed by atoms with van der Waals surface area (Å²) in [6.07, 6.45) is -4.50. The summed E-state index contributed by atoms with van der Waals surface area (Å²) in [4.78, 5) is 22.9. The highest BCUT2D eigenvalue weighted by Crippen LogP contribution is 2.34. The van der Waals surface area contributed by atoms with Crippen molar-refractivity contribution < 1.29 is 44.2 Å². The van der Waals surface area contributed by atoms with E-state index in [0.717, 1.165) is 5.56 Å². The van der Waals surface area contributed by atoms with E-state index in [2.05, 4.69) is 0 Å². The number of fused-ring (bicyclic) bond motifs is 1. The molecule has 0 aliphatic carbocycles. The fourth-order valence-corrected chi connectivity index (χ4v) is 2.64. The number of aryl methyl sites for hydroxylation is 1. The molecule has 3 rings (SSSR count). The van der Waals surface area contributed by atoms with Crippen LogP contribution in [0.25, 0.3) is 0 Å². The van der Waals surface area contributed by atoms with Gasteiger partial charge >= 0.3 is 17.7 Å². The zero-order valence-electron chi connectivity index (χ0n) is 12.4. The van der Waals surface area contributed by atoms with Gasteiger partial charge < -0.3 is 34.6 Å². The number of aliphatic hydroxyl groups is 3. The predicted octanol–water partition coefficient (Wildman–Crippen LogP) is -1.19. The minimum Gasteiger partial charge on any atom is -0.476 e. The number of carbonyl (C=O) groups is 2. The number of aliphatic hydroxyl groups excluding tert-OH is 3. The molecule has 2 aliphatic heterocycles. The van der Waals surface area contributed by atoms with Gasteiger partial charge in [0, 0.05) is 6.07 Å². The number of aliphatic carboxylic acids is 1. The smallest absolute Gasteiger partial charge is 0.380 e. The van der Waals surface area contributed by atoms with Crippen molar-refractivity contribution >= 4 is 11.9 Å². The number of carbonyl (C=O) groups excluding carboxylic acids is 1. The van der Waals surface area contributed by atoms with Gasteiger partial charge in [0.25, 0.3) is 0 Å². The van der Waals surface area contributed by atoms with E-state index in [1.807, 2.05) is 0 Å². The molecule has 2 heterocycles. The Morgan fingerprint density at radius 1 is 1.25 bits per heavy atom. The van der Waals surface area contributed by atoms with Crippen molar-refractivity contribution in [2.45, 2.75) is 36.9 Å². The maximum Gasteiger partial charge on any atom is 0.380 e. The molecule has 4 unspecified atom stereocenters. The summed E-state index contributed by atoms with van der Waals surface area (Å²) in [5.74, 6) is -4.48. The third-order valence-corrected chi connectivity index (χ3v) is 4.00. The van der Waals surface area contributed by atoms with Crippen LogP contribution in [-0.2, 0) is 20.7 Å². The number of hydrogen-bond acceptors (Lipinski definition) is 8. The lowest BCUT2D eigenvalue weighted by atomic mass is 9.96. The first-order valence-electron chi connectivity index (χ1n) is 7.27. The van der Waals surface area contributed by atoms with Gasteiger partial charge in [0.15, 0.2) is 6.10 Å². The average molecular weight is 340 g/mol. The van der Waals surface area contributed by atoms with Crippen LogP contribution in [0.15, 0.2) is 18.2 Å². The zero-order valence-corrected chi connectivity index (χ0v) is 12.4. The molecule has 0 spiro atoms. The van der Waals surface area contributed by atoms with Gasteiger partial charge in [0.05, 0.1) is 13.0 Å². The molecule has 1 aromatic rings. The molecule has 1 fully saturated rings. The Kier molecular flexibility index (Phi) is 4.18. The lowest BCUT2D eigenvalue weighted by Gasteiger charge is -2.41. The van der Waals surface area contributed by atoms with Crippen LogP contribution in [0.1, 0.15) is 12.0 Å². The molecule has 24 heavy (non-hydrogen) atoms. The Labute approximate surface area is 136 Å². The van der Waals surface area contributed by atoms with Crippen molar-refractivity contribution in [3.05, 3.63) is 23.8 Å². The summed E-state index contributed by atoms with van der Waals surface area (Å²) in [6.45, 7) is -0.537. The van der Waals surface area contributed by atoms with Crippen molar-refractivity contribution in [2.75, 3.05) is 6.61 Å². The normalized spacial score (nSPS) is 32.6. The summed E-state index contributed by atoms with van der Waals surface area (Å²) in [5.41, 5.74) is 0.756. The first-order valence-corrected chi connectivity index (χ1v) is 7.27. The molecule has 1 saturated heterocycles. The van der Waals surface area contributed by atoms with Gasteiger partial charge in [0.2, 0.25) is 0 Å². The summed E-state index contributed by atoms with van der Waals surface area (Å²) in [7, 11) is 0. The highest BCUT2D eigenvalue weighted by molar-refractivity contribution is 5.78. The summed E-state index contributed by atoms with van der Waals surface area (Å²) < 4.78 is 15.4. The van der Waals surface area contributed by atoms with Crippen LogP contribution in [-0.4, -0.2) is 63.1 Å². The Morgan fingerprint density at radius 3 is 2.71 bits per heavy atom. The van der Waals surface area contributed by atoms with Crippen LogP contribution >= 0.6 is 0 Å². The summed E-state index contributed by atoms with van der Waals surface area (Å²) in [6, 6.07) is 4.36. The van der Waals surface area contributed by atoms with E-state index < -0.39 is 42.6 Å². The Morgan fingerprint density at radius 2 is 2.00 bits per heavy atom. The van der Waals surface area contributed by atoms with Crippen molar-refractivity contribution in [2.24, 2.45) is 0 Å². The molecule has 4 atom stereocenters. The van der Waals surface area contributed by atoms with Crippen LogP contribution in [0.2, 0.25) is 0 Å². The number of ether oxygens (including phenoxy) is 3. The molecular formula is C15H16O9. The number of rotatable bonds is 3. The van der Waals surface area contributed by atoms with E-state index >= 15 is 0 Å². The van der Waals surface area contributed by atoms with Gasteiger partial charge in [0.1, 0.15) is 23.7 Å². The molecule has 0 amide bonds. The van der Waals surface area contributed by atoms with E-state index in [-0.39, 0.29) is 17.9 Å². The molecule has 4 N–H and O–H groups in total. The largest absolute Gasteiger partial charge is 0.476 e. The Hall–Kier alpha value is -2.20. The second-order valence-corrected chi connectivity index (χ2v) is 5.63. The highest BCUT2D eigenvalue weighted by Gasteiger charge is 2.58. The summed E-state index contributed by atoms with van der Waals surface area (Å²) >= 11 is 0. The van der Waals surface area contributed by atoms with E-state index in [9.17, 15) is 30.0 Å². The second-order valence-electron chi connectivity index (χ2n) is 5.63. The number of esters is 1. The molecule has 2 aliphatic rings. The zero-order chi connectivity index (χ0) is 17.5. The molecule has 0 aromatic heterocycles. The van der Waals surface area contributed by atoms with E-state index in [1.54, 1.807) is 6.07 Å². The third-order valence-electron chi connectivity index (χ3n) is 4.00. The maximum absolute atomic E-state index is 11.6. The predicted molar refractivity (Wildman–Crippen MR) is 75.4 cm³/mol. The number of carboxylic acids is 1. The van der Waals surface area contributed by atoms with E-state index in [4.69, 9.17) is 14.2 Å². The monoisotopic (exact) mass is 340 g/mol. The van der Waals surface area contributed by atoms with E-state index in [1.165, 1.54) is 12.1 Å². The van der Waals surface area contributed by atoms with Crippen LogP contribution in [0, 0.1) is 0 Å². The van der Waals surface area contributed by atoms with Gasteiger partial charge in [-0.15, -0.1) is 0 Å². The molecular weight excluding hydrogens is 324 g/mol. The van der Waals surface area contributed by atoms with Crippen LogP contribution < -0.4 is 9.47 Å². The molecule has 0 radical (unpaired) electrons. The number of hydrogen-bond donors (Lipinski definition) is 4. The Balaban J connectivity index is 1.91. The van der Waals surface area contributed by atoms with Gasteiger partial charge in [-0.3, -0.25) is 4.79 Å².